The monoisotopic (exact) mass is 347 g/mol. The Morgan fingerprint density at radius 1 is 1.28 bits per heavy atom. The zero-order valence-electron chi connectivity index (χ0n) is 14.0. The summed E-state index contributed by atoms with van der Waals surface area (Å²) in [5.41, 5.74) is 1.14. The topological polar surface area (TPSA) is 90.9 Å². The van der Waals surface area contributed by atoms with Crippen molar-refractivity contribution in [1.82, 2.24) is 5.32 Å². The van der Waals surface area contributed by atoms with Crippen LogP contribution in [-0.2, 0) is 23.8 Å². The third kappa shape index (κ3) is 6.39. The Balaban J connectivity index is 1.70. The van der Waals surface area contributed by atoms with Crippen LogP contribution in [0.4, 0.5) is 0 Å². The van der Waals surface area contributed by atoms with Crippen molar-refractivity contribution >= 4 is 23.9 Å². The molecule has 134 valence electrons. The van der Waals surface area contributed by atoms with Crippen molar-refractivity contribution in [2.24, 2.45) is 0 Å². The Labute approximate surface area is 145 Å². The predicted molar refractivity (Wildman–Crippen MR) is 89.8 cm³/mol. The van der Waals surface area contributed by atoms with Crippen molar-refractivity contribution in [1.29, 1.82) is 0 Å². The number of carbonyl (C=O) groups excluding carboxylic acids is 3. The first-order chi connectivity index (χ1) is 12.1. The van der Waals surface area contributed by atoms with Crippen molar-refractivity contribution in [3.63, 3.8) is 0 Å². The van der Waals surface area contributed by atoms with Gasteiger partial charge < -0.3 is 19.5 Å². The zero-order chi connectivity index (χ0) is 18.1. The highest BCUT2D eigenvalue weighted by atomic mass is 16.5. The standard InChI is InChI=1S/C18H21NO6/c1-23-18(22)14-7-4-13(5-8-14)6-9-17(21)25-12-16(20)19-11-15-3-2-10-24-15/h4-9,15H,2-3,10-12H2,1H3,(H,19,20)/b9-6+/t15-/m0/s1. The van der Waals surface area contributed by atoms with Crippen LogP contribution in [0.25, 0.3) is 6.08 Å². The van der Waals surface area contributed by atoms with E-state index in [1.54, 1.807) is 24.3 Å². The van der Waals surface area contributed by atoms with Crippen LogP contribution in [0.15, 0.2) is 30.3 Å². The molecular formula is C18H21NO6. The predicted octanol–water partition coefficient (Wildman–Crippen LogP) is 1.32. The molecule has 0 bridgehead atoms. The smallest absolute Gasteiger partial charge is 0.337 e. The van der Waals surface area contributed by atoms with Gasteiger partial charge in [-0.25, -0.2) is 9.59 Å². The van der Waals surface area contributed by atoms with E-state index >= 15 is 0 Å². The fourth-order valence-electron chi connectivity index (χ4n) is 2.28. The summed E-state index contributed by atoms with van der Waals surface area (Å²) in [7, 11) is 1.31. The molecule has 0 aromatic heterocycles. The average Bonchev–Trinajstić information content (AvgIpc) is 3.16. The number of esters is 2. The second-order valence-corrected chi connectivity index (χ2v) is 5.49. The molecule has 1 aromatic carbocycles. The summed E-state index contributed by atoms with van der Waals surface area (Å²) < 4.78 is 14.9. The molecule has 1 aliphatic heterocycles. The number of amides is 1. The number of hydrogen-bond donors (Lipinski definition) is 1. The quantitative estimate of drug-likeness (QED) is 0.591. The molecule has 0 radical (unpaired) electrons. The third-order valence-corrected chi connectivity index (χ3v) is 3.64. The molecule has 1 N–H and O–H groups in total. The second kappa shape index (κ2) is 9.58. The molecular weight excluding hydrogens is 326 g/mol. The Kier molecular flexibility index (Phi) is 7.16. The lowest BCUT2D eigenvalue weighted by Crippen LogP contribution is -2.34. The van der Waals surface area contributed by atoms with Gasteiger partial charge in [0.1, 0.15) is 0 Å². The highest BCUT2D eigenvalue weighted by Crippen LogP contribution is 2.10. The van der Waals surface area contributed by atoms with Crippen LogP contribution in [0, 0.1) is 0 Å². The van der Waals surface area contributed by atoms with Crippen LogP contribution in [0.1, 0.15) is 28.8 Å². The SMILES string of the molecule is COC(=O)c1ccc(/C=C/C(=O)OCC(=O)NC[C@@H]2CCCO2)cc1. The van der Waals surface area contributed by atoms with E-state index in [1.807, 2.05) is 0 Å². The van der Waals surface area contributed by atoms with Crippen LogP contribution in [0.3, 0.4) is 0 Å². The van der Waals surface area contributed by atoms with E-state index in [2.05, 4.69) is 10.1 Å². The molecule has 1 saturated heterocycles. The number of ether oxygens (including phenoxy) is 3. The van der Waals surface area contributed by atoms with E-state index in [0.717, 1.165) is 19.4 Å². The van der Waals surface area contributed by atoms with Crippen molar-refractivity contribution in [3.05, 3.63) is 41.5 Å². The van der Waals surface area contributed by atoms with Crippen LogP contribution < -0.4 is 5.32 Å². The number of rotatable bonds is 7. The summed E-state index contributed by atoms with van der Waals surface area (Å²) in [6.45, 7) is 0.816. The van der Waals surface area contributed by atoms with Crippen LogP contribution >= 0.6 is 0 Å². The van der Waals surface area contributed by atoms with Gasteiger partial charge in [0.25, 0.3) is 5.91 Å². The molecule has 0 aliphatic carbocycles. The van der Waals surface area contributed by atoms with Gasteiger partial charge in [-0.1, -0.05) is 12.1 Å². The van der Waals surface area contributed by atoms with E-state index in [4.69, 9.17) is 9.47 Å². The van der Waals surface area contributed by atoms with Gasteiger partial charge in [-0.05, 0) is 36.6 Å². The van der Waals surface area contributed by atoms with E-state index in [-0.39, 0.29) is 18.6 Å². The maximum absolute atomic E-state index is 11.6. The van der Waals surface area contributed by atoms with E-state index in [0.29, 0.717) is 17.7 Å². The fraction of sp³-hybridized carbons (Fsp3) is 0.389. The van der Waals surface area contributed by atoms with Gasteiger partial charge in [0.15, 0.2) is 6.61 Å². The zero-order valence-corrected chi connectivity index (χ0v) is 14.0. The van der Waals surface area contributed by atoms with Crippen LogP contribution in [-0.4, -0.2) is 50.8 Å². The fourth-order valence-corrected chi connectivity index (χ4v) is 2.28. The van der Waals surface area contributed by atoms with E-state index < -0.39 is 11.9 Å². The summed E-state index contributed by atoms with van der Waals surface area (Å²) in [5, 5.41) is 2.67. The minimum Gasteiger partial charge on any atom is -0.465 e. The highest BCUT2D eigenvalue weighted by molar-refractivity contribution is 5.91. The van der Waals surface area contributed by atoms with Crippen molar-refractivity contribution < 1.29 is 28.6 Å². The van der Waals surface area contributed by atoms with Crippen molar-refractivity contribution in [2.75, 3.05) is 26.9 Å². The number of benzene rings is 1. The molecule has 1 heterocycles. The van der Waals surface area contributed by atoms with Gasteiger partial charge in [0.2, 0.25) is 0 Å². The van der Waals surface area contributed by atoms with Crippen LogP contribution in [0.2, 0.25) is 0 Å². The first-order valence-electron chi connectivity index (χ1n) is 8.00. The minimum absolute atomic E-state index is 0.0486. The lowest BCUT2D eigenvalue weighted by atomic mass is 10.1. The van der Waals surface area contributed by atoms with Crippen molar-refractivity contribution in [3.8, 4) is 0 Å². The molecule has 0 unspecified atom stereocenters. The van der Waals surface area contributed by atoms with Gasteiger partial charge in [0, 0.05) is 19.2 Å². The Hall–Kier alpha value is -2.67. The molecule has 7 heteroatoms. The first kappa shape index (κ1) is 18.7. The summed E-state index contributed by atoms with van der Waals surface area (Å²) in [5.74, 6) is -1.41. The average molecular weight is 347 g/mol. The molecule has 1 amide bonds. The van der Waals surface area contributed by atoms with Crippen LogP contribution in [0.5, 0.6) is 0 Å². The lowest BCUT2D eigenvalue weighted by Gasteiger charge is -2.10. The summed E-state index contributed by atoms with van der Waals surface area (Å²) >= 11 is 0. The molecule has 25 heavy (non-hydrogen) atoms. The number of methoxy groups -OCH3 is 1. The van der Waals surface area contributed by atoms with E-state index in [1.165, 1.54) is 19.3 Å². The Morgan fingerprint density at radius 3 is 2.68 bits per heavy atom. The van der Waals surface area contributed by atoms with Gasteiger partial charge >= 0.3 is 11.9 Å². The molecule has 2 rings (SSSR count). The largest absolute Gasteiger partial charge is 0.465 e. The summed E-state index contributed by atoms with van der Waals surface area (Å²) in [6.07, 6.45) is 4.74. The van der Waals surface area contributed by atoms with Gasteiger partial charge in [0.05, 0.1) is 18.8 Å². The number of carbonyl (C=O) groups is 3. The first-order valence-corrected chi connectivity index (χ1v) is 8.00. The Morgan fingerprint density at radius 2 is 2.04 bits per heavy atom. The molecule has 7 nitrogen and oxygen atoms in total. The maximum Gasteiger partial charge on any atom is 0.337 e. The second-order valence-electron chi connectivity index (χ2n) is 5.49. The molecule has 1 aliphatic rings. The third-order valence-electron chi connectivity index (χ3n) is 3.64. The molecule has 1 atom stereocenters. The Bertz CT molecular complexity index is 631. The molecule has 0 saturated carbocycles. The van der Waals surface area contributed by atoms with Gasteiger partial charge in [-0.3, -0.25) is 4.79 Å². The lowest BCUT2D eigenvalue weighted by molar-refractivity contribution is -0.143. The van der Waals surface area contributed by atoms with Gasteiger partial charge in [-0.15, -0.1) is 0 Å². The number of hydrogen-bond acceptors (Lipinski definition) is 6. The molecule has 1 aromatic rings. The summed E-state index contributed by atoms with van der Waals surface area (Å²) in [4.78, 5) is 34.5. The van der Waals surface area contributed by atoms with Gasteiger partial charge in [-0.2, -0.15) is 0 Å². The highest BCUT2D eigenvalue weighted by Gasteiger charge is 2.16. The molecule has 0 spiro atoms. The van der Waals surface area contributed by atoms with Crippen molar-refractivity contribution in [2.45, 2.75) is 18.9 Å². The number of nitrogens with one attached hydrogen (secondary N) is 1. The summed E-state index contributed by atoms with van der Waals surface area (Å²) in [6, 6.07) is 6.53. The maximum atomic E-state index is 11.6. The normalized spacial score (nSPS) is 16.6. The van der Waals surface area contributed by atoms with E-state index in [9.17, 15) is 14.4 Å². The molecule has 1 fully saturated rings. The minimum atomic E-state index is -0.621.